The van der Waals surface area contributed by atoms with Gasteiger partial charge in [0.2, 0.25) is 0 Å². The number of amides is 2. The van der Waals surface area contributed by atoms with E-state index in [0.717, 1.165) is 41.9 Å². The van der Waals surface area contributed by atoms with Crippen LogP contribution in [0, 0.1) is 0 Å². The summed E-state index contributed by atoms with van der Waals surface area (Å²) in [7, 11) is 2.06. The van der Waals surface area contributed by atoms with Gasteiger partial charge in [0, 0.05) is 31.7 Å². The van der Waals surface area contributed by atoms with Crippen LogP contribution >= 0.6 is 0 Å². The summed E-state index contributed by atoms with van der Waals surface area (Å²) in [6, 6.07) is 17.8. The molecular formula is C20H22N4O. The van der Waals surface area contributed by atoms with E-state index in [1.54, 1.807) is 0 Å². The van der Waals surface area contributed by atoms with Crippen molar-refractivity contribution >= 4 is 22.8 Å². The second kappa shape index (κ2) is 6.59. The van der Waals surface area contributed by atoms with E-state index in [0.29, 0.717) is 6.54 Å². The highest BCUT2D eigenvalue weighted by atomic mass is 16.2. The maximum atomic E-state index is 12.6. The zero-order valence-electron chi connectivity index (χ0n) is 14.4. The molecule has 2 aromatic carbocycles. The van der Waals surface area contributed by atoms with E-state index in [-0.39, 0.29) is 11.9 Å². The number of urea groups is 1. The van der Waals surface area contributed by atoms with Crippen LogP contribution < -0.4 is 5.32 Å². The van der Waals surface area contributed by atoms with Crippen molar-refractivity contribution in [3.8, 4) is 0 Å². The van der Waals surface area contributed by atoms with Gasteiger partial charge in [-0.05, 0) is 37.1 Å². The number of aryl methyl sites for hydroxylation is 1. The zero-order chi connectivity index (χ0) is 17.2. The molecule has 1 aromatic heterocycles. The van der Waals surface area contributed by atoms with Crippen LogP contribution in [0.15, 0.2) is 54.6 Å². The number of para-hydroxylation sites is 3. The molecule has 1 fully saturated rings. The van der Waals surface area contributed by atoms with Crippen LogP contribution in [0.3, 0.4) is 0 Å². The van der Waals surface area contributed by atoms with E-state index >= 15 is 0 Å². The quantitative estimate of drug-likeness (QED) is 0.770. The molecular weight excluding hydrogens is 312 g/mol. The number of piperidine rings is 1. The van der Waals surface area contributed by atoms with Crippen LogP contribution in [0.4, 0.5) is 10.5 Å². The largest absolute Gasteiger partial charge is 0.331 e. The van der Waals surface area contributed by atoms with Crippen molar-refractivity contribution in [3.05, 3.63) is 60.4 Å². The second-order valence-corrected chi connectivity index (χ2v) is 6.60. The number of fused-ring (bicyclic) bond motifs is 1. The standard InChI is InChI=1S/C20H22N4O/c1-23-18-12-6-5-11-17(18)22-19(23)15-8-7-13-24(14-15)20(25)21-16-9-3-2-4-10-16/h2-6,9-12,15H,7-8,13-14H2,1H3,(H,21,25). The minimum absolute atomic E-state index is 0.0327. The molecule has 2 heterocycles. The Morgan fingerprint density at radius 1 is 1.12 bits per heavy atom. The molecule has 0 aliphatic carbocycles. The number of carbonyl (C=O) groups excluding carboxylic acids is 1. The van der Waals surface area contributed by atoms with Gasteiger partial charge in [-0.2, -0.15) is 0 Å². The maximum absolute atomic E-state index is 12.6. The average molecular weight is 334 g/mol. The summed E-state index contributed by atoms with van der Waals surface area (Å²) >= 11 is 0. The number of carbonyl (C=O) groups is 1. The molecule has 0 spiro atoms. The van der Waals surface area contributed by atoms with Crippen molar-refractivity contribution in [1.29, 1.82) is 0 Å². The number of aromatic nitrogens is 2. The minimum Gasteiger partial charge on any atom is -0.331 e. The molecule has 3 aromatic rings. The van der Waals surface area contributed by atoms with Crippen LogP contribution in [0.1, 0.15) is 24.6 Å². The highest BCUT2D eigenvalue weighted by molar-refractivity contribution is 5.89. The Bertz CT molecular complexity index is 887. The molecule has 1 N–H and O–H groups in total. The normalized spacial score (nSPS) is 17.6. The molecule has 25 heavy (non-hydrogen) atoms. The van der Waals surface area contributed by atoms with E-state index in [2.05, 4.69) is 23.0 Å². The highest BCUT2D eigenvalue weighted by Gasteiger charge is 2.28. The molecule has 128 valence electrons. The number of imidazole rings is 1. The van der Waals surface area contributed by atoms with Crippen molar-refractivity contribution in [1.82, 2.24) is 14.5 Å². The third kappa shape index (κ3) is 3.09. The number of likely N-dealkylation sites (tertiary alicyclic amines) is 1. The topological polar surface area (TPSA) is 50.2 Å². The van der Waals surface area contributed by atoms with Gasteiger partial charge >= 0.3 is 6.03 Å². The fourth-order valence-electron chi connectivity index (χ4n) is 3.63. The van der Waals surface area contributed by atoms with Crippen molar-refractivity contribution in [2.75, 3.05) is 18.4 Å². The van der Waals surface area contributed by atoms with Crippen LogP contribution in [0.25, 0.3) is 11.0 Å². The molecule has 5 nitrogen and oxygen atoms in total. The van der Waals surface area contributed by atoms with E-state index in [4.69, 9.17) is 4.98 Å². The summed E-state index contributed by atoms with van der Waals surface area (Å²) in [5.41, 5.74) is 2.99. The Hall–Kier alpha value is -2.82. The van der Waals surface area contributed by atoms with Crippen molar-refractivity contribution < 1.29 is 4.79 Å². The molecule has 0 bridgehead atoms. The third-order valence-corrected chi connectivity index (χ3v) is 4.92. The lowest BCUT2D eigenvalue weighted by Gasteiger charge is -2.32. The van der Waals surface area contributed by atoms with E-state index in [1.165, 1.54) is 0 Å². The van der Waals surface area contributed by atoms with Gasteiger partial charge in [-0.25, -0.2) is 9.78 Å². The minimum atomic E-state index is -0.0327. The first-order chi connectivity index (χ1) is 12.2. The Morgan fingerprint density at radius 2 is 1.88 bits per heavy atom. The van der Waals surface area contributed by atoms with Gasteiger partial charge in [-0.15, -0.1) is 0 Å². The molecule has 1 aliphatic rings. The average Bonchev–Trinajstić information content (AvgIpc) is 3.00. The van der Waals surface area contributed by atoms with Gasteiger partial charge in [0.25, 0.3) is 0 Å². The predicted molar refractivity (Wildman–Crippen MR) is 99.7 cm³/mol. The van der Waals surface area contributed by atoms with Crippen LogP contribution in [0.2, 0.25) is 0 Å². The Labute approximate surface area is 147 Å². The molecule has 0 radical (unpaired) electrons. The lowest BCUT2D eigenvalue weighted by Crippen LogP contribution is -2.42. The van der Waals surface area contributed by atoms with Gasteiger partial charge in [-0.3, -0.25) is 0 Å². The number of nitrogens with zero attached hydrogens (tertiary/aromatic N) is 3. The van der Waals surface area contributed by atoms with Crippen molar-refractivity contribution in [3.63, 3.8) is 0 Å². The Balaban J connectivity index is 1.52. The molecule has 1 unspecified atom stereocenters. The molecule has 5 heteroatoms. The van der Waals surface area contributed by atoms with Crippen molar-refractivity contribution in [2.24, 2.45) is 7.05 Å². The second-order valence-electron chi connectivity index (χ2n) is 6.60. The van der Waals surface area contributed by atoms with Gasteiger partial charge in [0.05, 0.1) is 11.0 Å². The van der Waals surface area contributed by atoms with Crippen LogP contribution in [-0.2, 0) is 7.05 Å². The zero-order valence-corrected chi connectivity index (χ0v) is 14.4. The molecule has 0 saturated carbocycles. The monoisotopic (exact) mass is 334 g/mol. The summed E-state index contributed by atoms with van der Waals surface area (Å²) in [5, 5.41) is 2.98. The SMILES string of the molecule is Cn1c(C2CCCN(C(=O)Nc3ccccc3)C2)nc2ccccc21. The number of hydrogen-bond donors (Lipinski definition) is 1. The summed E-state index contributed by atoms with van der Waals surface area (Å²) in [6.45, 7) is 1.49. The summed E-state index contributed by atoms with van der Waals surface area (Å²) in [5.74, 6) is 1.34. The highest BCUT2D eigenvalue weighted by Crippen LogP contribution is 2.28. The number of nitrogens with one attached hydrogen (secondary N) is 1. The third-order valence-electron chi connectivity index (χ3n) is 4.92. The van der Waals surface area contributed by atoms with Crippen LogP contribution in [0.5, 0.6) is 0 Å². The molecule has 2 amide bonds. The van der Waals surface area contributed by atoms with E-state index < -0.39 is 0 Å². The van der Waals surface area contributed by atoms with Gasteiger partial charge in [0.1, 0.15) is 5.82 Å². The molecule has 4 rings (SSSR count). The Morgan fingerprint density at radius 3 is 2.68 bits per heavy atom. The number of hydrogen-bond acceptors (Lipinski definition) is 2. The first-order valence-electron chi connectivity index (χ1n) is 8.75. The molecule has 1 aliphatic heterocycles. The smallest absolute Gasteiger partial charge is 0.321 e. The first kappa shape index (κ1) is 15.7. The lowest BCUT2D eigenvalue weighted by atomic mass is 9.97. The number of benzene rings is 2. The van der Waals surface area contributed by atoms with Crippen molar-refractivity contribution in [2.45, 2.75) is 18.8 Å². The first-order valence-corrected chi connectivity index (χ1v) is 8.75. The maximum Gasteiger partial charge on any atom is 0.321 e. The van der Waals surface area contributed by atoms with Gasteiger partial charge in [0.15, 0.2) is 0 Å². The van der Waals surface area contributed by atoms with Crippen LogP contribution in [-0.4, -0.2) is 33.6 Å². The van der Waals surface area contributed by atoms with E-state index in [9.17, 15) is 4.79 Å². The van der Waals surface area contributed by atoms with E-state index in [1.807, 2.05) is 53.4 Å². The van der Waals surface area contributed by atoms with Gasteiger partial charge < -0.3 is 14.8 Å². The summed E-state index contributed by atoms with van der Waals surface area (Å²) in [4.78, 5) is 19.3. The van der Waals surface area contributed by atoms with Gasteiger partial charge in [-0.1, -0.05) is 30.3 Å². The molecule has 1 saturated heterocycles. The molecule has 1 atom stereocenters. The number of rotatable bonds is 2. The summed E-state index contributed by atoms with van der Waals surface area (Å²) < 4.78 is 2.17. The number of anilines is 1. The lowest BCUT2D eigenvalue weighted by molar-refractivity contribution is 0.191. The fourth-order valence-corrected chi connectivity index (χ4v) is 3.63. The predicted octanol–water partition coefficient (Wildman–Crippen LogP) is 3.98. The summed E-state index contributed by atoms with van der Waals surface area (Å²) in [6.07, 6.45) is 2.06. The Kier molecular flexibility index (Phi) is 4.14. The fraction of sp³-hybridized carbons (Fsp3) is 0.300.